The molecular formula is C13H15NO6S. The van der Waals surface area contributed by atoms with Gasteiger partial charge in [-0.3, -0.25) is 14.4 Å². The molecule has 3 atom stereocenters. The van der Waals surface area contributed by atoms with Crippen molar-refractivity contribution in [2.75, 3.05) is 0 Å². The first-order valence-corrected chi connectivity index (χ1v) is 7.20. The molecule has 1 fully saturated rings. The van der Waals surface area contributed by atoms with Crippen LogP contribution in [0, 0.1) is 5.92 Å². The molecule has 2 aliphatic heterocycles. The molecule has 21 heavy (non-hydrogen) atoms. The van der Waals surface area contributed by atoms with Gasteiger partial charge in [-0.2, -0.15) is 0 Å². The van der Waals surface area contributed by atoms with Gasteiger partial charge in [0.2, 0.25) is 5.91 Å². The van der Waals surface area contributed by atoms with Crippen LogP contribution in [0.4, 0.5) is 0 Å². The van der Waals surface area contributed by atoms with Crippen molar-refractivity contribution in [3.05, 3.63) is 10.6 Å². The quantitative estimate of drug-likeness (QED) is 0.603. The average Bonchev–Trinajstić information content (AvgIpc) is 2.62. The number of hydrogen-bond acceptors (Lipinski definition) is 6. The maximum absolute atomic E-state index is 12.2. The van der Waals surface area contributed by atoms with Crippen molar-refractivity contribution in [2.45, 2.75) is 39.3 Å². The first-order valence-electron chi connectivity index (χ1n) is 6.39. The molecule has 0 bridgehead atoms. The number of carboxylic acid groups (broad SMARTS) is 1. The summed E-state index contributed by atoms with van der Waals surface area (Å²) in [7, 11) is 0. The zero-order valence-corrected chi connectivity index (χ0v) is 12.6. The SMILES string of the molecule is CC(=O)O[C@@H](C)[C@H]1C(=O)N2C(C(=O)O)=C(SC(C)=O)C[C@H]12. The second-order valence-electron chi connectivity index (χ2n) is 4.99. The molecule has 0 saturated carbocycles. The summed E-state index contributed by atoms with van der Waals surface area (Å²) in [5, 5.41) is 9.01. The van der Waals surface area contributed by atoms with E-state index < -0.39 is 24.0 Å². The zero-order valence-electron chi connectivity index (χ0n) is 11.8. The number of aliphatic carboxylic acids is 1. The predicted molar refractivity (Wildman–Crippen MR) is 72.9 cm³/mol. The average molecular weight is 313 g/mol. The predicted octanol–water partition coefficient (Wildman–Crippen LogP) is 0.745. The van der Waals surface area contributed by atoms with E-state index in [-0.39, 0.29) is 22.8 Å². The zero-order chi connectivity index (χ0) is 15.9. The van der Waals surface area contributed by atoms with Crippen molar-refractivity contribution in [3.63, 3.8) is 0 Å². The summed E-state index contributed by atoms with van der Waals surface area (Å²) in [5.74, 6) is -2.66. The number of carbonyl (C=O) groups is 4. The summed E-state index contributed by atoms with van der Waals surface area (Å²) in [6.07, 6.45) is -0.318. The van der Waals surface area contributed by atoms with E-state index in [1.807, 2.05) is 0 Å². The van der Waals surface area contributed by atoms with Crippen LogP contribution in [0.15, 0.2) is 10.6 Å². The van der Waals surface area contributed by atoms with Gasteiger partial charge in [-0.1, -0.05) is 11.8 Å². The number of fused-ring (bicyclic) bond motifs is 1. The molecule has 1 N–H and O–H groups in total. The normalized spacial score (nSPS) is 25.3. The first-order chi connectivity index (χ1) is 9.73. The molecule has 2 rings (SSSR count). The Labute approximate surface area is 125 Å². The Balaban J connectivity index is 2.21. The fourth-order valence-corrected chi connectivity index (χ4v) is 3.70. The highest BCUT2D eigenvalue weighted by atomic mass is 32.2. The Bertz CT molecular complexity index is 569. The first kappa shape index (κ1) is 15.6. The molecule has 2 heterocycles. The van der Waals surface area contributed by atoms with Crippen LogP contribution >= 0.6 is 11.8 Å². The minimum atomic E-state index is -1.23. The van der Waals surface area contributed by atoms with E-state index >= 15 is 0 Å². The van der Waals surface area contributed by atoms with E-state index in [1.54, 1.807) is 6.92 Å². The van der Waals surface area contributed by atoms with Gasteiger partial charge in [0.15, 0.2) is 5.12 Å². The van der Waals surface area contributed by atoms with Gasteiger partial charge >= 0.3 is 11.9 Å². The lowest BCUT2D eigenvalue weighted by molar-refractivity contribution is -0.169. The largest absolute Gasteiger partial charge is 0.477 e. The maximum atomic E-state index is 12.2. The highest BCUT2D eigenvalue weighted by molar-refractivity contribution is 8.16. The number of hydrogen-bond donors (Lipinski definition) is 1. The molecule has 1 amide bonds. The van der Waals surface area contributed by atoms with Gasteiger partial charge in [0, 0.05) is 25.2 Å². The Morgan fingerprint density at radius 1 is 1.38 bits per heavy atom. The molecule has 0 aromatic rings. The number of ether oxygens (including phenoxy) is 1. The van der Waals surface area contributed by atoms with E-state index in [0.717, 1.165) is 11.8 Å². The topological polar surface area (TPSA) is 101 Å². The van der Waals surface area contributed by atoms with Gasteiger partial charge in [0.1, 0.15) is 11.8 Å². The van der Waals surface area contributed by atoms with Crippen molar-refractivity contribution >= 4 is 34.7 Å². The smallest absolute Gasteiger partial charge is 0.353 e. The van der Waals surface area contributed by atoms with Gasteiger partial charge in [-0.25, -0.2) is 4.79 Å². The second kappa shape index (κ2) is 5.51. The van der Waals surface area contributed by atoms with Gasteiger partial charge in [0.05, 0.1) is 12.0 Å². The highest BCUT2D eigenvalue weighted by Gasteiger charge is 2.57. The molecule has 114 valence electrons. The van der Waals surface area contributed by atoms with Crippen molar-refractivity contribution in [1.29, 1.82) is 0 Å². The van der Waals surface area contributed by atoms with Crippen LogP contribution in [-0.4, -0.2) is 45.1 Å². The number of esters is 1. The number of β-lactam (4-membered cyclic amide) rings is 1. The summed E-state index contributed by atoms with van der Waals surface area (Å²) in [6.45, 7) is 4.20. The molecule has 0 radical (unpaired) electrons. The van der Waals surface area contributed by atoms with Crippen molar-refractivity contribution in [2.24, 2.45) is 5.92 Å². The lowest BCUT2D eigenvalue weighted by Crippen LogP contribution is -2.62. The van der Waals surface area contributed by atoms with Crippen LogP contribution in [0.3, 0.4) is 0 Å². The van der Waals surface area contributed by atoms with Crippen LogP contribution in [0.1, 0.15) is 27.2 Å². The molecule has 0 aromatic carbocycles. The monoisotopic (exact) mass is 313 g/mol. The van der Waals surface area contributed by atoms with Gasteiger partial charge in [-0.15, -0.1) is 0 Å². The molecule has 0 aliphatic carbocycles. The Morgan fingerprint density at radius 3 is 2.48 bits per heavy atom. The molecule has 0 unspecified atom stereocenters. The lowest BCUT2D eigenvalue weighted by Gasteiger charge is -2.45. The summed E-state index contributed by atoms with van der Waals surface area (Å²) in [4.78, 5) is 47.2. The second-order valence-corrected chi connectivity index (χ2v) is 6.26. The molecule has 7 nitrogen and oxygen atoms in total. The van der Waals surface area contributed by atoms with E-state index in [2.05, 4.69) is 0 Å². The van der Waals surface area contributed by atoms with Gasteiger partial charge in [-0.05, 0) is 6.92 Å². The number of carbonyl (C=O) groups excluding carboxylic acids is 3. The van der Waals surface area contributed by atoms with Crippen LogP contribution in [0.5, 0.6) is 0 Å². The fourth-order valence-electron chi connectivity index (χ4n) is 2.82. The van der Waals surface area contributed by atoms with Crippen LogP contribution < -0.4 is 0 Å². The van der Waals surface area contributed by atoms with Crippen molar-refractivity contribution in [1.82, 2.24) is 4.90 Å². The van der Waals surface area contributed by atoms with E-state index in [4.69, 9.17) is 4.74 Å². The van der Waals surface area contributed by atoms with Gasteiger partial charge < -0.3 is 14.7 Å². The standard InChI is InChI=1S/C13H15NO6S/c1-5(20-6(2)15)10-8-4-9(21-7(3)16)11(13(18)19)14(8)12(10)17/h5,8,10H,4H2,1-3H3,(H,18,19)/t5-,8+,10+/m0/s1. The lowest BCUT2D eigenvalue weighted by atomic mass is 9.83. The Kier molecular flexibility index (Phi) is 4.08. The summed E-state index contributed by atoms with van der Waals surface area (Å²) in [6, 6.07) is -0.361. The molecule has 0 aromatic heterocycles. The number of amides is 1. The fraction of sp³-hybridized carbons (Fsp3) is 0.538. The van der Waals surface area contributed by atoms with E-state index in [9.17, 15) is 24.3 Å². The van der Waals surface area contributed by atoms with Crippen LogP contribution in [0.2, 0.25) is 0 Å². The molecular weight excluding hydrogens is 298 g/mol. The summed E-state index contributed by atoms with van der Waals surface area (Å²) >= 11 is 0.834. The van der Waals surface area contributed by atoms with E-state index in [1.165, 1.54) is 18.7 Å². The molecule has 8 heteroatoms. The summed E-state index contributed by atoms with van der Waals surface area (Å²) < 4.78 is 5.02. The minimum absolute atomic E-state index is 0.128. The van der Waals surface area contributed by atoms with Crippen LogP contribution in [0.25, 0.3) is 0 Å². The maximum Gasteiger partial charge on any atom is 0.353 e. The van der Waals surface area contributed by atoms with Crippen LogP contribution in [-0.2, 0) is 23.9 Å². The van der Waals surface area contributed by atoms with Crippen molar-refractivity contribution in [3.8, 4) is 0 Å². The Hall–Kier alpha value is -1.83. The third kappa shape index (κ3) is 2.67. The number of rotatable bonds is 4. The number of nitrogens with zero attached hydrogens (tertiary/aromatic N) is 1. The molecule has 0 spiro atoms. The minimum Gasteiger partial charge on any atom is -0.477 e. The van der Waals surface area contributed by atoms with E-state index in [0.29, 0.717) is 11.3 Å². The number of carboxylic acids is 1. The highest BCUT2D eigenvalue weighted by Crippen LogP contribution is 2.47. The number of thioether (sulfide) groups is 1. The summed E-state index contributed by atoms with van der Waals surface area (Å²) in [5.41, 5.74) is -0.128. The molecule has 1 saturated heterocycles. The molecule has 2 aliphatic rings. The third-order valence-electron chi connectivity index (χ3n) is 3.50. The Morgan fingerprint density at radius 2 is 2.00 bits per heavy atom. The van der Waals surface area contributed by atoms with Gasteiger partial charge in [0.25, 0.3) is 0 Å². The van der Waals surface area contributed by atoms with Crippen molar-refractivity contribution < 1.29 is 29.0 Å². The third-order valence-corrected chi connectivity index (χ3v) is 4.39.